The maximum atomic E-state index is 5.74. The summed E-state index contributed by atoms with van der Waals surface area (Å²) in [5.41, 5.74) is 10.2. The molecular formula is C15H19N3. The van der Waals surface area contributed by atoms with Gasteiger partial charge in [-0.15, -0.1) is 0 Å². The second-order valence-electron chi connectivity index (χ2n) is 4.53. The number of anilines is 2. The molecule has 0 amide bonds. The molecule has 0 aliphatic carbocycles. The number of aryl methyl sites for hydroxylation is 2. The molecule has 0 bridgehead atoms. The molecule has 0 unspecified atom stereocenters. The van der Waals surface area contributed by atoms with Crippen molar-refractivity contribution < 1.29 is 0 Å². The highest BCUT2D eigenvalue weighted by molar-refractivity contribution is 5.50. The topological polar surface area (TPSA) is 50.9 Å². The van der Waals surface area contributed by atoms with Crippen molar-refractivity contribution in [2.24, 2.45) is 0 Å². The molecule has 2 rings (SSSR count). The lowest BCUT2D eigenvalue weighted by atomic mass is 10.1. The average molecular weight is 241 g/mol. The molecule has 3 heteroatoms. The van der Waals surface area contributed by atoms with E-state index in [0.29, 0.717) is 0 Å². The van der Waals surface area contributed by atoms with Crippen LogP contribution in [0.1, 0.15) is 16.7 Å². The zero-order chi connectivity index (χ0) is 13.0. The Morgan fingerprint density at radius 3 is 2.67 bits per heavy atom. The van der Waals surface area contributed by atoms with Crippen molar-refractivity contribution >= 4 is 11.5 Å². The molecule has 94 valence electrons. The predicted octanol–water partition coefficient (Wildman–Crippen LogP) is 2.94. The Balaban J connectivity index is 1.92. The summed E-state index contributed by atoms with van der Waals surface area (Å²) in [6, 6.07) is 10.4. The smallest absolute Gasteiger partial charge is 0.126 e. The minimum Gasteiger partial charge on any atom is -0.397 e. The first kappa shape index (κ1) is 12.4. The van der Waals surface area contributed by atoms with E-state index in [0.717, 1.165) is 30.0 Å². The Kier molecular flexibility index (Phi) is 3.82. The standard InChI is InChI=1S/C15H19N3/c1-11-5-3-4-6-13(11)7-8-17-15-9-12(2)14(16)10-18-15/h3-6,9-10H,7-8,16H2,1-2H3,(H,17,18). The second kappa shape index (κ2) is 5.54. The van der Waals surface area contributed by atoms with E-state index in [9.17, 15) is 0 Å². The molecule has 1 heterocycles. The van der Waals surface area contributed by atoms with Gasteiger partial charge in [0.2, 0.25) is 0 Å². The van der Waals surface area contributed by atoms with Gasteiger partial charge < -0.3 is 11.1 Å². The van der Waals surface area contributed by atoms with Crippen LogP contribution in [0.15, 0.2) is 36.5 Å². The van der Waals surface area contributed by atoms with Gasteiger partial charge in [-0.05, 0) is 43.0 Å². The minimum atomic E-state index is 0.736. The summed E-state index contributed by atoms with van der Waals surface area (Å²) in [6.07, 6.45) is 2.70. The van der Waals surface area contributed by atoms with E-state index < -0.39 is 0 Å². The zero-order valence-corrected chi connectivity index (χ0v) is 10.9. The predicted molar refractivity (Wildman–Crippen MR) is 76.8 cm³/mol. The van der Waals surface area contributed by atoms with Gasteiger partial charge in [-0.2, -0.15) is 0 Å². The van der Waals surface area contributed by atoms with Crippen molar-refractivity contribution in [3.05, 3.63) is 53.2 Å². The number of pyridine rings is 1. The lowest BCUT2D eigenvalue weighted by Gasteiger charge is -2.09. The monoisotopic (exact) mass is 241 g/mol. The number of hydrogen-bond acceptors (Lipinski definition) is 3. The normalized spacial score (nSPS) is 10.3. The zero-order valence-electron chi connectivity index (χ0n) is 10.9. The molecule has 3 N–H and O–H groups in total. The molecular weight excluding hydrogens is 222 g/mol. The lowest BCUT2D eigenvalue weighted by Crippen LogP contribution is -2.07. The van der Waals surface area contributed by atoms with E-state index in [1.54, 1.807) is 6.20 Å². The van der Waals surface area contributed by atoms with Crippen molar-refractivity contribution in [1.29, 1.82) is 0 Å². The van der Waals surface area contributed by atoms with Crippen molar-refractivity contribution in [1.82, 2.24) is 4.98 Å². The second-order valence-corrected chi connectivity index (χ2v) is 4.53. The van der Waals surface area contributed by atoms with Crippen LogP contribution in [0.2, 0.25) is 0 Å². The number of nitrogens with zero attached hydrogens (tertiary/aromatic N) is 1. The van der Waals surface area contributed by atoms with Gasteiger partial charge in [0, 0.05) is 6.54 Å². The van der Waals surface area contributed by atoms with E-state index in [2.05, 4.69) is 41.5 Å². The summed E-state index contributed by atoms with van der Waals surface area (Å²) >= 11 is 0. The lowest BCUT2D eigenvalue weighted by molar-refractivity contribution is 0.993. The molecule has 1 aromatic carbocycles. The highest BCUT2D eigenvalue weighted by atomic mass is 15.0. The summed E-state index contributed by atoms with van der Waals surface area (Å²) < 4.78 is 0. The molecule has 0 aliphatic rings. The molecule has 1 aromatic heterocycles. The fourth-order valence-electron chi connectivity index (χ4n) is 1.88. The highest BCUT2D eigenvalue weighted by Crippen LogP contribution is 2.13. The van der Waals surface area contributed by atoms with Crippen LogP contribution in [0, 0.1) is 13.8 Å². The van der Waals surface area contributed by atoms with Gasteiger partial charge in [-0.25, -0.2) is 4.98 Å². The molecule has 0 saturated carbocycles. The number of hydrogen-bond donors (Lipinski definition) is 2. The van der Waals surface area contributed by atoms with Gasteiger partial charge in [-0.1, -0.05) is 24.3 Å². The van der Waals surface area contributed by atoms with Gasteiger partial charge in [0.25, 0.3) is 0 Å². The van der Waals surface area contributed by atoms with Crippen LogP contribution < -0.4 is 11.1 Å². The molecule has 0 atom stereocenters. The fourth-order valence-corrected chi connectivity index (χ4v) is 1.88. The quantitative estimate of drug-likeness (QED) is 0.865. The van der Waals surface area contributed by atoms with Crippen LogP contribution >= 0.6 is 0 Å². The van der Waals surface area contributed by atoms with Crippen LogP contribution in [0.3, 0.4) is 0 Å². The van der Waals surface area contributed by atoms with Crippen LogP contribution in [0.25, 0.3) is 0 Å². The average Bonchev–Trinajstić information content (AvgIpc) is 2.36. The highest BCUT2D eigenvalue weighted by Gasteiger charge is 1.99. The van der Waals surface area contributed by atoms with Gasteiger partial charge >= 0.3 is 0 Å². The number of nitrogens with two attached hydrogens (primary N) is 1. The van der Waals surface area contributed by atoms with E-state index in [1.165, 1.54) is 11.1 Å². The van der Waals surface area contributed by atoms with Crippen molar-refractivity contribution in [3.8, 4) is 0 Å². The maximum absolute atomic E-state index is 5.74. The number of nitrogen functional groups attached to an aromatic ring is 1. The first-order chi connectivity index (χ1) is 8.66. The number of aromatic nitrogens is 1. The summed E-state index contributed by atoms with van der Waals surface area (Å²) in [5.74, 6) is 0.885. The Morgan fingerprint density at radius 1 is 1.17 bits per heavy atom. The number of nitrogens with one attached hydrogen (secondary N) is 1. The van der Waals surface area contributed by atoms with Crippen LogP contribution in [0.4, 0.5) is 11.5 Å². The number of benzene rings is 1. The van der Waals surface area contributed by atoms with E-state index in [4.69, 9.17) is 5.73 Å². The van der Waals surface area contributed by atoms with Gasteiger partial charge in [0.1, 0.15) is 5.82 Å². The molecule has 0 spiro atoms. The summed E-state index contributed by atoms with van der Waals surface area (Å²) in [7, 11) is 0. The van der Waals surface area contributed by atoms with E-state index >= 15 is 0 Å². The Bertz CT molecular complexity index is 535. The Labute approximate surface area is 108 Å². The summed E-state index contributed by atoms with van der Waals surface area (Å²) in [4.78, 5) is 4.26. The van der Waals surface area contributed by atoms with Gasteiger partial charge in [-0.3, -0.25) is 0 Å². The molecule has 2 aromatic rings. The fraction of sp³-hybridized carbons (Fsp3) is 0.267. The van der Waals surface area contributed by atoms with E-state index in [1.807, 2.05) is 13.0 Å². The third-order valence-corrected chi connectivity index (χ3v) is 3.11. The molecule has 0 fully saturated rings. The number of rotatable bonds is 4. The van der Waals surface area contributed by atoms with Crippen LogP contribution in [-0.4, -0.2) is 11.5 Å². The first-order valence-electron chi connectivity index (χ1n) is 6.17. The Hall–Kier alpha value is -2.03. The van der Waals surface area contributed by atoms with Gasteiger partial charge in [0.15, 0.2) is 0 Å². The molecule has 0 saturated heterocycles. The maximum Gasteiger partial charge on any atom is 0.126 e. The van der Waals surface area contributed by atoms with Crippen molar-refractivity contribution in [2.45, 2.75) is 20.3 Å². The molecule has 0 radical (unpaired) electrons. The van der Waals surface area contributed by atoms with Crippen molar-refractivity contribution in [3.63, 3.8) is 0 Å². The van der Waals surface area contributed by atoms with Crippen LogP contribution in [-0.2, 0) is 6.42 Å². The molecule has 18 heavy (non-hydrogen) atoms. The summed E-state index contributed by atoms with van der Waals surface area (Å²) in [5, 5.41) is 3.32. The van der Waals surface area contributed by atoms with Crippen LogP contribution in [0.5, 0.6) is 0 Å². The minimum absolute atomic E-state index is 0.736. The third-order valence-electron chi connectivity index (χ3n) is 3.11. The molecule has 0 aliphatic heterocycles. The Morgan fingerprint density at radius 2 is 1.94 bits per heavy atom. The van der Waals surface area contributed by atoms with Crippen molar-refractivity contribution in [2.75, 3.05) is 17.6 Å². The van der Waals surface area contributed by atoms with Gasteiger partial charge in [0.05, 0.1) is 11.9 Å². The third kappa shape index (κ3) is 3.00. The largest absolute Gasteiger partial charge is 0.397 e. The summed E-state index contributed by atoms with van der Waals surface area (Å²) in [6.45, 7) is 5.01. The SMILES string of the molecule is Cc1cc(NCCc2ccccc2C)ncc1N. The molecule has 3 nitrogen and oxygen atoms in total. The first-order valence-corrected chi connectivity index (χ1v) is 6.17. The van der Waals surface area contributed by atoms with E-state index in [-0.39, 0.29) is 0 Å².